The molecular weight excluding hydrogens is 672 g/mol. The molecule has 0 saturated carbocycles. The summed E-state index contributed by atoms with van der Waals surface area (Å²) in [6.07, 6.45) is 1.51. The number of hydrogen-bond donors (Lipinski definition) is 0. The molecule has 3 aromatic rings. The second-order valence-electron chi connectivity index (χ2n) is 12.3. The van der Waals surface area contributed by atoms with Crippen molar-refractivity contribution in [2.24, 2.45) is 0 Å². The van der Waals surface area contributed by atoms with E-state index in [-0.39, 0.29) is 16.1 Å². The SMILES string of the molecule is COc1ccc2c(c1)C(OC(=O)N1CCN(C3CCN(C)CC3)CC1)(c1ccccc1C)C(=O)N2S(=O)(=O)c1ccc(Br)cc1C. The fourth-order valence-corrected chi connectivity index (χ4v) is 9.06. The molecular formula is C34H39BrN4O6S. The number of piperidine rings is 1. The summed E-state index contributed by atoms with van der Waals surface area (Å²) >= 11 is 3.39. The summed E-state index contributed by atoms with van der Waals surface area (Å²) in [6.45, 7) is 7.86. The molecule has 2 fully saturated rings. The Morgan fingerprint density at radius 1 is 0.891 bits per heavy atom. The summed E-state index contributed by atoms with van der Waals surface area (Å²) in [5.74, 6) is -0.489. The smallest absolute Gasteiger partial charge is 0.411 e. The summed E-state index contributed by atoms with van der Waals surface area (Å²) in [7, 11) is -0.810. The molecule has 2 amide bonds. The number of benzene rings is 3. The first-order valence-corrected chi connectivity index (χ1v) is 17.7. The monoisotopic (exact) mass is 710 g/mol. The Morgan fingerprint density at radius 2 is 1.59 bits per heavy atom. The number of nitrogens with zero attached hydrogens (tertiary/aromatic N) is 4. The zero-order chi connectivity index (χ0) is 32.8. The van der Waals surface area contributed by atoms with Crippen LogP contribution in [-0.4, -0.2) is 94.6 Å². The van der Waals surface area contributed by atoms with Gasteiger partial charge in [0.05, 0.1) is 17.7 Å². The van der Waals surface area contributed by atoms with Crippen molar-refractivity contribution >= 4 is 43.6 Å². The number of aryl methyl sites for hydroxylation is 2. The molecule has 244 valence electrons. The van der Waals surface area contributed by atoms with Crippen molar-refractivity contribution in [3.8, 4) is 5.75 Å². The van der Waals surface area contributed by atoms with E-state index in [4.69, 9.17) is 9.47 Å². The maximum absolute atomic E-state index is 14.9. The number of piperazine rings is 1. The van der Waals surface area contributed by atoms with Crippen molar-refractivity contribution in [1.82, 2.24) is 14.7 Å². The molecule has 12 heteroatoms. The topological polar surface area (TPSA) is 99.7 Å². The molecule has 3 aliphatic rings. The van der Waals surface area contributed by atoms with Crippen molar-refractivity contribution in [2.45, 2.75) is 43.2 Å². The van der Waals surface area contributed by atoms with Crippen molar-refractivity contribution in [3.63, 3.8) is 0 Å². The van der Waals surface area contributed by atoms with Gasteiger partial charge < -0.3 is 19.3 Å². The molecule has 46 heavy (non-hydrogen) atoms. The Bertz CT molecular complexity index is 1770. The highest BCUT2D eigenvalue weighted by atomic mass is 79.9. The highest BCUT2D eigenvalue weighted by molar-refractivity contribution is 9.10. The molecule has 1 unspecified atom stereocenters. The first-order chi connectivity index (χ1) is 22.0. The second-order valence-corrected chi connectivity index (χ2v) is 15.0. The Balaban J connectivity index is 1.41. The van der Waals surface area contributed by atoms with Gasteiger partial charge in [-0.3, -0.25) is 9.69 Å². The Morgan fingerprint density at radius 3 is 2.24 bits per heavy atom. The van der Waals surface area contributed by atoms with Gasteiger partial charge >= 0.3 is 6.09 Å². The third-order valence-corrected chi connectivity index (χ3v) is 11.8. The Hall–Kier alpha value is -3.45. The number of hydrogen-bond acceptors (Lipinski definition) is 8. The van der Waals surface area contributed by atoms with Crippen molar-refractivity contribution in [1.29, 1.82) is 0 Å². The van der Waals surface area contributed by atoms with Gasteiger partial charge in [-0.15, -0.1) is 0 Å². The van der Waals surface area contributed by atoms with Gasteiger partial charge in [0.1, 0.15) is 5.75 Å². The molecule has 10 nitrogen and oxygen atoms in total. The van der Waals surface area contributed by atoms with Gasteiger partial charge in [-0.05, 0) is 94.4 Å². The van der Waals surface area contributed by atoms with Crippen LogP contribution in [0.25, 0.3) is 0 Å². The van der Waals surface area contributed by atoms with E-state index in [1.165, 1.54) is 19.2 Å². The minimum Gasteiger partial charge on any atom is -0.497 e. The number of sulfonamides is 1. The number of amides is 2. The average Bonchev–Trinajstić information content (AvgIpc) is 3.29. The van der Waals surface area contributed by atoms with Crippen molar-refractivity contribution in [3.05, 3.63) is 87.4 Å². The molecule has 0 bridgehead atoms. The lowest BCUT2D eigenvalue weighted by Crippen LogP contribution is -2.55. The van der Waals surface area contributed by atoms with Crippen LogP contribution in [0.2, 0.25) is 0 Å². The van der Waals surface area contributed by atoms with Crippen LogP contribution >= 0.6 is 15.9 Å². The third-order valence-electron chi connectivity index (χ3n) is 9.48. The Kier molecular flexibility index (Phi) is 8.92. The van der Waals surface area contributed by atoms with Crippen LogP contribution in [0.3, 0.4) is 0 Å². The van der Waals surface area contributed by atoms with Gasteiger partial charge in [0.15, 0.2) is 0 Å². The first kappa shape index (κ1) is 32.5. The molecule has 1 atom stereocenters. The zero-order valence-electron chi connectivity index (χ0n) is 26.5. The molecule has 3 aliphatic heterocycles. The normalized spacial score (nSPS) is 21.4. The van der Waals surface area contributed by atoms with Crippen LogP contribution in [0.4, 0.5) is 10.5 Å². The number of halogens is 1. The van der Waals surface area contributed by atoms with Crippen molar-refractivity contribution in [2.75, 3.05) is 57.7 Å². The second kappa shape index (κ2) is 12.6. The molecule has 3 heterocycles. The lowest BCUT2D eigenvalue weighted by molar-refractivity contribution is -0.132. The predicted octanol–water partition coefficient (Wildman–Crippen LogP) is 4.90. The largest absolute Gasteiger partial charge is 0.497 e. The Labute approximate surface area is 279 Å². The number of rotatable bonds is 6. The minimum absolute atomic E-state index is 0.0252. The van der Waals surface area contributed by atoms with Gasteiger partial charge in [0.25, 0.3) is 15.9 Å². The van der Waals surface area contributed by atoms with Crippen LogP contribution in [0.15, 0.2) is 70.0 Å². The molecule has 6 rings (SSSR count). The highest BCUT2D eigenvalue weighted by Gasteiger charge is 2.60. The fraction of sp³-hybridized carbons (Fsp3) is 0.412. The van der Waals surface area contributed by atoms with E-state index < -0.39 is 27.6 Å². The van der Waals surface area contributed by atoms with E-state index in [0.29, 0.717) is 59.1 Å². The number of carbonyl (C=O) groups excluding carboxylic acids is 2. The number of methoxy groups -OCH3 is 1. The number of carbonyl (C=O) groups is 2. The fourth-order valence-electron chi connectivity index (χ4n) is 6.92. The van der Waals surface area contributed by atoms with Crippen LogP contribution in [-0.2, 0) is 25.2 Å². The molecule has 0 aliphatic carbocycles. The molecule has 3 aromatic carbocycles. The van der Waals surface area contributed by atoms with E-state index in [2.05, 4.69) is 32.8 Å². The van der Waals surface area contributed by atoms with E-state index in [1.807, 2.05) is 19.1 Å². The van der Waals surface area contributed by atoms with E-state index in [9.17, 15) is 18.0 Å². The molecule has 0 radical (unpaired) electrons. The standard InChI is InChI=1S/C34H39BrN4O6S/c1-23-7-5-6-8-28(23)34(45-33(41)38-19-17-37(18-20-38)26-13-15-36(3)16-14-26)29-22-27(44-4)10-11-30(29)39(32(34)40)46(42,43)31-12-9-25(35)21-24(31)2/h5-12,21-22,26H,13-20H2,1-4H3. The van der Waals surface area contributed by atoms with Crippen LogP contribution in [0, 0.1) is 13.8 Å². The van der Waals surface area contributed by atoms with Crippen LogP contribution < -0.4 is 9.04 Å². The molecule has 2 saturated heterocycles. The molecule has 0 aromatic heterocycles. The summed E-state index contributed by atoms with van der Waals surface area (Å²) in [6, 6.07) is 17.1. The lowest BCUT2D eigenvalue weighted by Gasteiger charge is -2.42. The number of fused-ring (bicyclic) bond motifs is 1. The van der Waals surface area contributed by atoms with Gasteiger partial charge in [0.2, 0.25) is 5.60 Å². The average molecular weight is 712 g/mol. The number of ether oxygens (including phenoxy) is 2. The van der Waals surface area contributed by atoms with E-state index >= 15 is 0 Å². The maximum atomic E-state index is 14.9. The lowest BCUT2D eigenvalue weighted by atomic mass is 9.84. The van der Waals surface area contributed by atoms with Gasteiger partial charge in [0, 0.05) is 47.8 Å². The summed E-state index contributed by atoms with van der Waals surface area (Å²) < 4.78 is 42.2. The van der Waals surface area contributed by atoms with Crippen LogP contribution in [0.5, 0.6) is 5.75 Å². The quantitative estimate of drug-likeness (QED) is 0.356. The first-order valence-electron chi connectivity index (χ1n) is 15.5. The van der Waals surface area contributed by atoms with Crippen molar-refractivity contribution < 1.29 is 27.5 Å². The summed E-state index contributed by atoms with van der Waals surface area (Å²) in [4.78, 5) is 35.4. The van der Waals surface area contributed by atoms with E-state index in [1.54, 1.807) is 48.2 Å². The number of likely N-dealkylation sites (tertiary alicyclic amines) is 1. The molecule has 0 N–H and O–H groups in total. The van der Waals surface area contributed by atoms with Gasteiger partial charge in [-0.1, -0.05) is 40.2 Å². The predicted molar refractivity (Wildman–Crippen MR) is 179 cm³/mol. The maximum Gasteiger partial charge on any atom is 0.411 e. The third kappa shape index (κ3) is 5.59. The zero-order valence-corrected chi connectivity index (χ0v) is 28.9. The highest BCUT2D eigenvalue weighted by Crippen LogP contribution is 2.51. The van der Waals surface area contributed by atoms with E-state index in [0.717, 1.165) is 30.2 Å². The minimum atomic E-state index is -4.44. The summed E-state index contributed by atoms with van der Waals surface area (Å²) in [5.41, 5.74) is -0.223. The van der Waals surface area contributed by atoms with Gasteiger partial charge in [-0.2, -0.15) is 4.31 Å². The number of anilines is 1. The van der Waals surface area contributed by atoms with Gasteiger partial charge in [-0.25, -0.2) is 13.2 Å². The van der Waals surface area contributed by atoms with Crippen LogP contribution in [0.1, 0.15) is 35.1 Å². The summed E-state index contributed by atoms with van der Waals surface area (Å²) in [5, 5.41) is 0. The molecule has 0 spiro atoms.